The number of carbonyl (C=O) groups excluding carboxylic acids is 1. The van der Waals surface area contributed by atoms with E-state index in [1.165, 1.54) is 6.33 Å². The lowest BCUT2D eigenvalue weighted by Crippen LogP contribution is -2.42. The van der Waals surface area contributed by atoms with Crippen LogP contribution in [0, 0.1) is 0 Å². The lowest BCUT2D eigenvalue weighted by atomic mass is 10.1. The molecule has 0 bridgehead atoms. The van der Waals surface area contributed by atoms with E-state index < -0.39 is 0 Å². The molecule has 3 aromatic rings. The Bertz CT molecular complexity index is 862. The highest BCUT2D eigenvalue weighted by Gasteiger charge is 2.28. The Labute approximate surface area is 157 Å². The van der Waals surface area contributed by atoms with Gasteiger partial charge in [0.25, 0.3) is 0 Å². The molecular weight excluding hydrogens is 344 g/mol. The minimum atomic E-state index is -0.0910. The summed E-state index contributed by atoms with van der Waals surface area (Å²) in [4.78, 5) is 23.2. The van der Waals surface area contributed by atoms with Gasteiger partial charge in [-0.1, -0.05) is 18.9 Å². The molecule has 0 spiro atoms. The van der Waals surface area contributed by atoms with Gasteiger partial charge in [0.1, 0.15) is 18.4 Å². The predicted octanol–water partition coefficient (Wildman–Crippen LogP) is 3.08. The van der Waals surface area contributed by atoms with E-state index in [2.05, 4.69) is 20.4 Å². The van der Waals surface area contributed by atoms with Crippen LogP contribution in [0.4, 0.5) is 4.79 Å². The number of urea groups is 1. The predicted molar refractivity (Wildman–Crippen MR) is 98.0 cm³/mol. The molecule has 140 valence electrons. The first-order valence-electron chi connectivity index (χ1n) is 9.19. The van der Waals surface area contributed by atoms with Crippen LogP contribution in [-0.2, 0) is 6.54 Å². The van der Waals surface area contributed by atoms with Gasteiger partial charge >= 0.3 is 6.03 Å². The number of hydrogen-bond acceptors (Lipinski definition) is 5. The van der Waals surface area contributed by atoms with Crippen LogP contribution < -0.4 is 5.32 Å². The Morgan fingerprint density at radius 3 is 3.04 bits per heavy atom. The normalized spacial score (nSPS) is 17.5. The van der Waals surface area contributed by atoms with Crippen LogP contribution >= 0.6 is 0 Å². The zero-order valence-corrected chi connectivity index (χ0v) is 15.0. The molecule has 1 atom stereocenters. The topological polar surface area (TPSA) is 89.1 Å². The number of carbonyl (C=O) groups is 1. The fourth-order valence-corrected chi connectivity index (χ4v) is 3.49. The number of pyridine rings is 1. The molecule has 1 fully saturated rings. The van der Waals surface area contributed by atoms with E-state index in [0.29, 0.717) is 12.4 Å². The molecule has 4 heterocycles. The highest BCUT2D eigenvalue weighted by Crippen LogP contribution is 2.30. The number of hydrogen-bond donors (Lipinski definition) is 1. The van der Waals surface area contributed by atoms with Crippen LogP contribution in [0.25, 0.3) is 5.82 Å². The van der Waals surface area contributed by atoms with Crippen LogP contribution in [0.5, 0.6) is 0 Å². The third kappa shape index (κ3) is 3.84. The van der Waals surface area contributed by atoms with Gasteiger partial charge in [0, 0.05) is 24.8 Å². The molecule has 0 aromatic carbocycles. The number of nitrogens with one attached hydrogen (secondary N) is 1. The number of rotatable bonds is 4. The van der Waals surface area contributed by atoms with Crippen LogP contribution in [0.2, 0.25) is 0 Å². The standard InChI is InChI=1S/C19H22N6O2/c26-19(24-10-3-1-2-7-16(24)17-8-5-11-27-17)22-12-15-6-4-9-21-18(15)25-14-20-13-23-25/h4-6,8-9,11,13-14,16H,1-3,7,10,12H2,(H,22,26)/t16-/m0/s1. The molecule has 0 saturated carbocycles. The van der Waals surface area contributed by atoms with Crippen molar-refractivity contribution in [3.05, 3.63) is 60.7 Å². The lowest BCUT2D eigenvalue weighted by Gasteiger charge is -2.28. The van der Waals surface area contributed by atoms with Crippen molar-refractivity contribution < 1.29 is 9.21 Å². The van der Waals surface area contributed by atoms with Gasteiger partial charge in [0.05, 0.1) is 12.3 Å². The molecule has 1 saturated heterocycles. The molecule has 8 heteroatoms. The number of amides is 2. The quantitative estimate of drug-likeness (QED) is 0.766. The van der Waals surface area contributed by atoms with Crippen molar-refractivity contribution in [3.8, 4) is 5.82 Å². The average Bonchev–Trinajstić information content (AvgIpc) is 3.37. The summed E-state index contributed by atoms with van der Waals surface area (Å²) in [6.07, 6.45) is 10.5. The Balaban J connectivity index is 1.49. The molecule has 4 rings (SSSR count). The van der Waals surface area contributed by atoms with Crippen molar-refractivity contribution in [2.75, 3.05) is 6.54 Å². The van der Waals surface area contributed by atoms with Gasteiger partial charge in [-0.05, 0) is 31.0 Å². The second-order valence-corrected chi connectivity index (χ2v) is 6.56. The van der Waals surface area contributed by atoms with E-state index in [4.69, 9.17) is 4.42 Å². The van der Waals surface area contributed by atoms with Crippen molar-refractivity contribution in [3.63, 3.8) is 0 Å². The van der Waals surface area contributed by atoms with Gasteiger partial charge in [-0.15, -0.1) is 0 Å². The monoisotopic (exact) mass is 366 g/mol. The molecule has 2 amide bonds. The molecule has 3 aromatic heterocycles. The summed E-state index contributed by atoms with van der Waals surface area (Å²) in [5.74, 6) is 1.51. The maximum atomic E-state index is 12.9. The number of nitrogens with zero attached hydrogens (tertiary/aromatic N) is 5. The van der Waals surface area contributed by atoms with Crippen molar-refractivity contribution in [1.82, 2.24) is 30.0 Å². The van der Waals surface area contributed by atoms with E-state index in [1.807, 2.05) is 29.2 Å². The van der Waals surface area contributed by atoms with Crippen LogP contribution in [0.15, 0.2) is 53.8 Å². The molecule has 0 unspecified atom stereocenters. The SMILES string of the molecule is O=C(NCc1cccnc1-n1cncn1)N1CCCCC[C@H]1c1ccco1. The Hall–Kier alpha value is -3.16. The van der Waals surface area contributed by atoms with Crippen molar-refractivity contribution in [1.29, 1.82) is 0 Å². The van der Waals surface area contributed by atoms with Crippen LogP contribution in [0.1, 0.15) is 43.0 Å². The fourth-order valence-electron chi connectivity index (χ4n) is 3.49. The fraction of sp³-hybridized carbons (Fsp3) is 0.368. The summed E-state index contributed by atoms with van der Waals surface area (Å²) >= 11 is 0. The maximum Gasteiger partial charge on any atom is 0.318 e. The third-order valence-corrected chi connectivity index (χ3v) is 4.82. The van der Waals surface area contributed by atoms with Crippen molar-refractivity contribution in [2.24, 2.45) is 0 Å². The minimum absolute atomic E-state index is 0.0221. The second kappa shape index (κ2) is 8.03. The zero-order chi connectivity index (χ0) is 18.5. The molecule has 0 aliphatic carbocycles. The summed E-state index contributed by atoms with van der Waals surface area (Å²) in [6.45, 7) is 1.09. The Kier molecular flexibility index (Phi) is 5.13. The summed E-state index contributed by atoms with van der Waals surface area (Å²) in [5, 5.41) is 7.16. The first-order valence-corrected chi connectivity index (χ1v) is 9.19. The maximum absolute atomic E-state index is 12.9. The Morgan fingerprint density at radius 2 is 2.22 bits per heavy atom. The molecule has 27 heavy (non-hydrogen) atoms. The first-order chi connectivity index (χ1) is 13.3. The lowest BCUT2D eigenvalue weighted by molar-refractivity contribution is 0.166. The molecule has 1 aliphatic heterocycles. The smallest absolute Gasteiger partial charge is 0.318 e. The summed E-state index contributed by atoms with van der Waals surface area (Å²) in [7, 11) is 0. The number of aromatic nitrogens is 4. The van der Waals surface area contributed by atoms with E-state index >= 15 is 0 Å². The van der Waals surface area contributed by atoms with E-state index in [1.54, 1.807) is 23.5 Å². The molecule has 0 radical (unpaired) electrons. The average molecular weight is 366 g/mol. The molecule has 8 nitrogen and oxygen atoms in total. The molecule has 1 N–H and O–H groups in total. The highest BCUT2D eigenvalue weighted by molar-refractivity contribution is 5.74. The number of likely N-dealkylation sites (tertiary alicyclic amines) is 1. The summed E-state index contributed by atoms with van der Waals surface area (Å²) < 4.78 is 7.19. The summed E-state index contributed by atoms with van der Waals surface area (Å²) in [6, 6.07) is 7.48. The Morgan fingerprint density at radius 1 is 1.26 bits per heavy atom. The van der Waals surface area contributed by atoms with Gasteiger partial charge in [-0.3, -0.25) is 0 Å². The third-order valence-electron chi connectivity index (χ3n) is 4.82. The minimum Gasteiger partial charge on any atom is -0.467 e. The zero-order valence-electron chi connectivity index (χ0n) is 15.0. The van der Waals surface area contributed by atoms with Gasteiger partial charge in [0.15, 0.2) is 5.82 Å². The van der Waals surface area contributed by atoms with E-state index in [9.17, 15) is 4.79 Å². The van der Waals surface area contributed by atoms with Gasteiger partial charge in [0.2, 0.25) is 0 Å². The molecular formula is C19H22N6O2. The largest absolute Gasteiger partial charge is 0.467 e. The second-order valence-electron chi connectivity index (χ2n) is 6.56. The van der Waals surface area contributed by atoms with Crippen LogP contribution in [0.3, 0.4) is 0 Å². The van der Waals surface area contributed by atoms with Gasteiger partial charge < -0.3 is 14.6 Å². The number of furan rings is 1. The summed E-state index contributed by atoms with van der Waals surface area (Å²) in [5.41, 5.74) is 0.876. The van der Waals surface area contributed by atoms with E-state index in [-0.39, 0.29) is 12.1 Å². The highest BCUT2D eigenvalue weighted by atomic mass is 16.3. The van der Waals surface area contributed by atoms with E-state index in [0.717, 1.165) is 43.6 Å². The van der Waals surface area contributed by atoms with Gasteiger partial charge in [-0.2, -0.15) is 5.10 Å². The van der Waals surface area contributed by atoms with Gasteiger partial charge in [-0.25, -0.2) is 19.4 Å². The van der Waals surface area contributed by atoms with Crippen molar-refractivity contribution in [2.45, 2.75) is 38.3 Å². The van der Waals surface area contributed by atoms with Crippen molar-refractivity contribution >= 4 is 6.03 Å². The van der Waals surface area contributed by atoms with Crippen LogP contribution in [-0.4, -0.2) is 37.2 Å². The molecule has 1 aliphatic rings. The first kappa shape index (κ1) is 17.3.